The molecule has 1 rings (SSSR count). The number of cyclic esters (lactones) is 2. The van der Waals surface area contributed by atoms with Crippen molar-refractivity contribution >= 4 is 11.9 Å². The maximum absolute atomic E-state index is 11.6. The highest BCUT2D eigenvalue weighted by molar-refractivity contribution is 6.14. The Bertz CT molecular complexity index is 375. The summed E-state index contributed by atoms with van der Waals surface area (Å²) in [6.45, 7) is 12.9. The van der Waals surface area contributed by atoms with Crippen molar-refractivity contribution < 1.29 is 19.1 Å². The van der Waals surface area contributed by atoms with Crippen molar-refractivity contribution in [1.29, 1.82) is 0 Å². The highest BCUT2D eigenvalue weighted by Crippen LogP contribution is 2.35. The predicted molar refractivity (Wildman–Crippen MR) is 67.6 cm³/mol. The Labute approximate surface area is 108 Å². The molecule has 1 saturated heterocycles. The van der Waals surface area contributed by atoms with Crippen LogP contribution in [0.3, 0.4) is 0 Å². The summed E-state index contributed by atoms with van der Waals surface area (Å²) in [5.41, 5.74) is 0.788. The third-order valence-electron chi connectivity index (χ3n) is 3.35. The summed E-state index contributed by atoms with van der Waals surface area (Å²) in [5, 5.41) is 0. The lowest BCUT2D eigenvalue weighted by Gasteiger charge is -2.39. The minimum Gasteiger partial charge on any atom is -0.419 e. The van der Waals surface area contributed by atoms with Gasteiger partial charge >= 0.3 is 11.9 Å². The van der Waals surface area contributed by atoms with Crippen molar-refractivity contribution in [3.05, 3.63) is 24.3 Å². The molecular weight excluding hydrogens is 232 g/mol. The average molecular weight is 252 g/mol. The van der Waals surface area contributed by atoms with Crippen LogP contribution in [0.15, 0.2) is 24.3 Å². The number of hydrogen-bond donors (Lipinski definition) is 0. The fourth-order valence-electron chi connectivity index (χ4n) is 1.96. The van der Waals surface area contributed by atoms with Gasteiger partial charge in [-0.2, -0.15) is 0 Å². The van der Waals surface area contributed by atoms with Gasteiger partial charge in [0.2, 0.25) is 0 Å². The number of rotatable bonds is 5. The third kappa shape index (κ3) is 2.81. The van der Waals surface area contributed by atoms with Gasteiger partial charge < -0.3 is 9.47 Å². The first-order chi connectivity index (χ1) is 8.34. The van der Waals surface area contributed by atoms with Gasteiger partial charge in [-0.3, -0.25) is 0 Å². The van der Waals surface area contributed by atoms with E-state index in [-0.39, 0.29) is 11.5 Å². The Balaban J connectivity index is 2.90. The summed E-state index contributed by atoms with van der Waals surface area (Å²) in [6.07, 6.45) is 2.24. The normalized spacial score (nSPS) is 20.1. The number of allylic oxidation sites excluding steroid dienone is 1. The largest absolute Gasteiger partial charge is 0.419 e. The molecule has 0 spiro atoms. The van der Waals surface area contributed by atoms with Gasteiger partial charge in [0, 0.05) is 12.8 Å². The molecule has 18 heavy (non-hydrogen) atoms. The minimum atomic E-state index is -1.22. The van der Waals surface area contributed by atoms with Gasteiger partial charge in [0.1, 0.15) is 5.57 Å². The zero-order valence-corrected chi connectivity index (χ0v) is 11.2. The van der Waals surface area contributed by atoms with E-state index in [9.17, 15) is 9.59 Å². The lowest BCUT2D eigenvalue weighted by Crippen LogP contribution is -2.49. The number of ether oxygens (including phenoxy) is 2. The second-order valence-electron chi connectivity index (χ2n) is 4.69. The maximum atomic E-state index is 11.6. The van der Waals surface area contributed by atoms with Crippen LogP contribution in [0.5, 0.6) is 0 Å². The van der Waals surface area contributed by atoms with E-state index >= 15 is 0 Å². The molecule has 0 bridgehead atoms. The molecule has 0 saturated carbocycles. The monoisotopic (exact) mass is 252 g/mol. The second kappa shape index (κ2) is 5.38. The summed E-state index contributed by atoms with van der Waals surface area (Å²) in [6, 6.07) is 0. The Morgan fingerprint density at radius 2 is 1.78 bits per heavy atom. The minimum absolute atomic E-state index is 0.0917. The molecule has 0 aliphatic carbocycles. The molecule has 0 amide bonds. The zero-order valence-electron chi connectivity index (χ0n) is 11.2. The fourth-order valence-corrected chi connectivity index (χ4v) is 1.96. The summed E-state index contributed by atoms with van der Waals surface area (Å²) in [4.78, 5) is 23.1. The van der Waals surface area contributed by atoms with Crippen LogP contribution in [-0.2, 0) is 19.1 Å². The van der Waals surface area contributed by atoms with Gasteiger partial charge in [-0.25, -0.2) is 9.59 Å². The molecule has 0 aromatic rings. The quantitative estimate of drug-likeness (QED) is 0.327. The second-order valence-corrected chi connectivity index (χ2v) is 4.69. The van der Waals surface area contributed by atoms with Crippen LogP contribution in [0.4, 0.5) is 0 Å². The topological polar surface area (TPSA) is 52.6 Å². The molecule has 4 heteroatoms. The Morgan fingerprint density at radius 1 is 1.28 bits per heavy atom. The van der Waals surface area contributed by atoms with Crippen LogP contribution in [0.1, 0.15) is 40.0 Å². The molecule has 1 aliphatic rings. The van der Waals surface area contributed by atoms with E-state index in [0.717, 1.165) is 18.4 Å². The van der Waals surface area contributed by atoms with E-state index in [4.69, 9.17) is 9.47 Å². The summed E-state index contributed by atoms with van der Waals surface area (Å²) in [7, 11) is 0. The zero-order chi connectivity index (χ0) is 13.9. The van der Waals surface area contributed by atoms with Crippen molar-refractivity contribution in [2.45, 2.75) is 45.8 Å². The first-order valence-electron chi connectivity index (χ1n) is 6.16. The Kier molecular flexibility index (Phi) is 4.33. The van der Waals surface area contributed by atoms with E-state index in [2.05, 4.69) is 13.2 Å². The number of carbonyl (C=O) groups is 2. The molecule has 0 aromatic heterocycles. The molecule has 1 aliphatic heterocycles. The van der Waals surface area contributed by atoms with Gasteiger partial charge in [-0.15, -0.1) is 0 Å². The Morgan fingerprint density at radius 3 is 2.17 bits per heavy atom. The lowest BCUT2D eigenvalue weighted by molar-refractivity contribution is -0.247. The number of carbonyl (C=O) groups excluding carboxylic acids is 2. The molecule has 1 unspecified atom stereocenters. The molecule has 4 nitrogen and oxygen atoms in total. The molecule has 1 fully saturated rings. The van der Waals surface area contributed by atoms with Crippen LogP contribution in [0.2, 0.25) is 0 Å². The van der Waals surface area contributed by atoms with Crippen molar-refractivity contribution in [3.63, 3.8) is 0 Å². The standard InChI is InChI=1S/C14H20O4/c1-6-9(3)8-11(7-2)14(5)17-12(15)10(4)13(16)18-14/h11H,3-4,6-8H2,1-2,5H3. The van der Waals surface area contributed by atoms with Gasteiger partial charge in [0.15, 0.2) is 0 Å². The molecule has 0 radical (unpaired) electrons. The molecule has 100 valence electrons. The summed E-state index contributed by atoms with van der Waals surface area (Å²) >= 11 is 0. The summed E-state index contributed by atoms with van der Waals surface area (Å²) < 4.78 is 10.5. The molecule has 1 atom stereocenters. The molecule has 0 N–H and O–H groups in total. The van der Waals surface area contributed by atoms with Gasteiger partial charge in [0.05, 0.1) is 0 Å². The highest BCUT2D eigenvalue weighted by atomic mass is 16.7. The van der Waals surface area contributed by atoms with Crippen LogP contribution in [0, 0.1) is 5.92 Å². The van der Waals surface area contributed by atoms with Crippen LogP contribution in [0.25, 0.3) is 0 Å². The van der Waals surface area contributed by atoms with Crippen molar-refractivity contribution in [2.24, 2.45) is 5.92 Å². The smallest absolute Gasteiger partial charge is 0.348 e. The summed E-state index contributed by atoms with van der Waals surface area (Å²) in [5.74, 6) is -2.71. The van der Waals surface area contributed by atoms with Gasteiger partial charge in [0.25, 0.3) is 5.79 Å². The highest BCUT2D eigenvalue weighted by Gasteiger charge is 2.46. The van der Waals surface area contributed by atoms with E-state index in [0.29, 0.717) is 6.42 Å². The van der Waals surface area contributed by atoms with Crippen LogP contribution < -0.4 is 0 Å². The van der Waals surface area contributed by atoms with Gasteiger partial charge in [-0.05, 0) is 19.3 Å². The molecular formula is C14H20O4. The first kappa shape index (κ1) is 14.5. The Hall–Kier alpha value is -1.58. The van der Waals surface area contributed by atoms with Crippen molar-refractivity contribution in [1.82, 2.24) is 0 Å². The molecule has 1 heterocycles. The van der Waals surface area contributed by atoms with Crippen molar-refractivity contribution in [2.75, 3.05) is 0 Å². The van der Waals surface area contributed by atoms with Crippen molar-refractivity contribution in [3.8, 4) is 0 Å². The third-order valence-corrected chi connectivity index (χ3v) is 3.35. The van der Waals surface area contributed by atoms with E-state index in [1.807, 2.05) is 13.8 Å². The molecule has 0 aromatic carbocycles. The van der Waals surface area contributed by atoms with Crippen LogP contribution >= 0.6 is 0 Å². The van der Waals surface area contributed by atoms with E-state index < -0.39 is 17.7 Å². The lowest BCUT2D eigenvalue weighted by atomic mass is 9.88. The SMILES string of the molecule is C=C(CC)CC(CC)C1(C)OC(=O)C(=C)C(=O)O1. The first-order valence-corrected chi connectivity index (χ1v) is 6.16. The predicted octanol–water partition coefficient (Wildman–Crippen LogP) is 2.74. The maximum Gasteiger partial charge on any atom is 0.348 e. The van der Waals surface area contributed by atoms with Gasteiger partial charge in [-0.1, -0.05) is 32.6 Å². The average Bonchev–Trinajstić information content (AvgIpc) is 2.32. The number of hydrogen-bond acceptors (Lipinski definition) is 4. The van der Waals surface area contributed by atoms with E-state index in [1.165, 1.54) is 0 Å². The van der Waals surface area contributed by atoms with E-state index in [1.54, 1.807) is 6.92 Å². The van der Waals surface area contributed by atoms with Crippen LogP contribution in [-0.4, -0.2) is 17.7 Å². The number of esters is 2. The fraction of sp³-hybridized carbons (Fsp3) is 0.571.